The Hall–Kier alpha value is -2.79. The fourth-order valence-electron chi connectivity index (χ4n) is 2.64. The van der Waals surface area contributed by atoms with Gasteiger partial charge in [-0.25, -0.2) is 0 Å². The minimum Gasteiger partial charge on any atom is -0.350 e. The van der Waals surface area contributed by atoms with Crippen LogP contribution in [-0.4, -0.2) is 4.57 Å². The first-order chi connectivity index (χ1) is 10.2. The van der Waals surface area contributed by atoms with E-state index in [2.05, 4.69) is 29.0 Å². The van der Waals surface area contributed by atoms with Gasteiger partial charge in [0.1, 0.15) is 0 Å². The van der Waals surface area contributed by atoms with E-state index in [0.29, 0.717) is 5.57 Å². The molecule has 0 aliphatic heterocycles. The van der Waals surface area contributed by atoms with Crippen molar-refractivity contribution in [1.82, 2.24) is 4.57 Å². The SMILES string of the molecule is Cc1cccc(/C(C#N)=C/c2cn(C)c3ccccc23)c1. The van der Waals surface area contributed by atoms with Gasteiger partial charge >= 0.3 is 0 Å². The average molecular weight is 272 g/mol. The smallest absolute Gasteiger partial charge is 0.0998 e. The second-order valence-corrected chi connectivity index (χ2v) is 5.25. The number of rotatable bonds is 2. The van der Waals surface area contributed by atoms with E-state index in [1.54, 1.807) is 0 Å². The second-order valence-electron chi connectivity index (χ2n) is 5.25. The van der Waals surface area contributed by atoms with Gasteiger partial charge in [0.05, 0.1) is 11.6 Å². The molecular formula is C19H16N2. The van der Waals surface area contributed by atoms with E-state index in [1.807, 2.05) is 56.4 Å². The molecule has 1 aromatic heterocycles. The second kappa shape index (κ2) is 5.30. The molecule has 2 aromatic carbocycles. The molecule has 0 saturated carbocycles. The maximum Gasteiger partial charge on any atom is 0.0998 e. The van der Waals surface area contributed by atoms with E-state index in [0.717, 1.165) is 16.7 Å². The van der Waals surface area contributed by atoms with Gasteiger partial charge in [0.2, 0.25) is 0 Å². The number of nitriles is 1. The van der Waals surface area contributed by atoms with Crippen LogP contribution >= 0.6 is 0 Å². The molecule has 0 radical (unpaired) electrons. The lowest BCUT2D eigenvalue weighted by atomic mass is 10.0. The van der Waals surface area contributed by atoms with Crippen molar-refractivity contribution < 1.29 is 0 Å². The van der Waals surface area contributed by atoms with E-state index in [9.17, 15) is 5.26 Å². The van der Waals surface area contributed by atoms with Crippen LogP contribution in [0.5, 0.6) is 0 Å². The molecule has 21 heavy (non-hydrogen) atoms. The fraction of sp³-hybridized carbons (Fsp3) is 0.105. The summed E-state index contributed by atoms with van der Waals surface area (Å²) in [4.78, 5) is 0. The van der Waals surface area contributed by atoms with Gasteiger partial charge in [-0.1, -0.05) is 48.0 Å². The molecule has 1 heterocycles. The molecule has 0 amide bonds. The lowest BCUT2D eigenvalue weighted by Crippen LogP contribution is -1.83. The third-order valence-corrected chi connectivity index (χ3v) is 3.68. The standard InChI is InChI=1S/C19H16N2/c1-14-6-5-7-15(10-14)16(12-20)11-17-13-21(2)19-9-4-3-8-18(17)19/h3-11,13H,1-2H3/b16-11+. The molecule has 0 bridgehead atoms. The van der Waals surface area contributed by atoms with Crippen molar-refractivity contribution >= 4 is 22.6 Å². The molecule has 0 N–H and O–H groups in total. The summed E-state index contributed by atoms with van der Waals surface area (Å²) in [6.07, 6.45) is 4.04. The van der Waals surface area contributed by atoms with Crippen LogP contribution in [0.2, 0.25) is 0 Å². The highest BCUT2D eigenvalue weighted by molar-refractivity contribution is 5.98. The van der Waals surface area contributed by atoms with Crippen molar-refractivity contribution in [3.05, 3.63) is 71.4 Å². The molecule has 0 atom stereocenters. The highest BCUT2D eigenvalue weighted by atomic mass is 14.9. The summed E-state index contributed by atoms with van der Waals surface area (Å²) >= 11 is 0. The largest absolute Gasteiger partial charge is 0.350 e. The van der Waals surface area contributed by atoms with Gasteiger partial charge in [0.25, 0.3) is 0 Å². The van der Waals surface area contributed by atoms with E-state index in [1.165, 1.54) is 10.9 Å². The predicted molar refractivity (Wildman–Crippen MR) is 87.6 cm³/mol. The summed E-state index contributed by atoms with van der Waals surface area (Å²) in [5, 5.41) is 10.7. The third kappa shape index (κ3) is 2.46. The number of allylic oxidation sites excluding steroid dienone is 1. The first-order valence-corrected chi connectivity index (χ1v) is 6.92. The van der Waals surface area contributed by atoms with Crippen molar-refractivity contribution in [2.75, 3.05) is 0 Å². The molecular weight excluding hydrogens is 256 g/mol. The van der Waals surface area contributed by atoms with E-state index >= 15 is 0 Å². The third-order valence-electron chi connectivity index (χ3n) is 3.68. The van der Waals surface area contributed by atoms with Gasteiger partial charge in [-0.3, -0.25) is 0 Å². The highest BCUT2D eigenvalue weighted by Gasteiger charge is 2.06. The number of aromatic nitrogens is 1. The Bertz CT molecular complexity index is 876. The number of nitrogens with zero attached hydrogens (tertiary/aromatic N) is 2. The Kier molecular flexibility index (Phi) is 3.33. The van der Waals surface area contributed by atoms with E-state index in [4.69, 9.17) is 0 Å². The monoisotopic (exact) mass is 272 g/mol. The summed E-state index contributed by atoms with van der Waals surface area (Å²) in [7, 11) is 2.03. The molecule has 102 valence electrons. The van der Waals surface area contributed by atoms with Gasteiger partial charge in [0, 0.05) is 29.7 Å². The lowest BCUT2D eigenvalue weighted by molar-refractivity contribution is 0.968. The maximum absolute atomic E-state index is 9.49. The Labute approximate surface area is 124 Å². The van der Waals surface area contributed by atoms with Gasteiger partial charge in [-0.05, 0) is 24.6 Å². The minimum absolute atomic E-state index is 0.690. The molecule has 0 spiro atoms. The summed E-state index contributed by atoms with van der Waals surface area (Å²) < 4.78 is 2.09. The number of hydrogen-bond acceptors (Lipinski definition) is 1. The van der Waals surface area contributed by atoms with Crippen LogP contribution in [0, 0.1) is 18.3 Å². The molecule has 0 aliphatic carbocycles. The molecule has 0 fully saturated rings. The quantitative estimate of drug-likeness (QED) is 0.629. The zero-order valence-electron chi connectivity index (χ0n) is 12.2. The van der Waals surface area contributed by atoms with Crippen molar-refractivity contribution in [3.8, 4) is 6.07 Å². The van der Waals surface area contributed by atoms with Crippen molar-refractivity contribution in [2.45, 2.75) is 6.92 Å². The molecule has 0 aliphatic rings. The summed E-state index contributed by atoms with van der Waals surface area (Å²) in [5.74, 6) is 0. The average Bonchev–Trinajstić information content (AvgIpc) is 2.82. The Morgan fingerprint density at radius 1 is 1.14 bits per heavy atom. The van der Waals surface area contributed by atoms with Crippen LogP contribution in [0.4, 0.5) is 0 Å². The van der Waals surface area contributed by atoms with Gasteiger partial charge < -0.3 is 4.57 Å². The molecule has 3 rings (SSSR count). The number of fused-ring (bicyclic) bond motifs is 1. The first kappa shape index (κ1) is 13.2. The van der Waals surface area contributed by atoms with Gasteiger partial charge in [0.15, 0.2) is 0 Å². The number of benzene rings is 2. The first-order valence-electron chi connectivity index (χ1n) is 6.92. The maximum atomic E-state index is 9.49. The zero-order valence-corrected chi connectivity index (χ0v) is 12.2. The van der Waals surface area contributed by atoms with Gasteiger partial charge in [-0.15, -0.1) is 0 Å². The van der Waals surface area contributed by atoms with E-state index in [-0.39, 0.29) is 0 Å². The summed E-state index contributed by atoms with van der Waals surface area (Å²) in [6, 6.07) is 18.6. The number of hydrogen-bond donors (Lipinski definition) is 0. The topological polar surface area (TPSA) is 28.7 Å². The Balaban J connectivity index is 2.16. The minimum atomic E-state index is 0.690. The number of para-hydroxylation sites is 1. The molecule has 3 aromatic rings. The van der Waals surface area contributed by atoms with Crippen LogP contribution in [0.15, 0.2) is 54.7 Å². The van der Waals surface area contributed by atoms with Crippen LogP contribution in [0.3, 0.4) is 0 Å². The van der Waals surface area contributed by atoms with Crippen molar-refractivity contribution in [3.63, 3.8) is 0 Å². The lowest BCUT2D eigenvalue weighted by Gasteiger charge is -2.00. The number of aryl methyl sites for hydroxylation is 2. The predicted octanol–water partition coefficient (Wildman–Crippen LogP) is 4.55. The van der Waals surface area contributed by atoms with Crippen LogP contribution in [-0.2, 0) is 7.05 Å². The Morgan fingerprint density at radius 3 is 2.71 bits per heavy atom. The highest BCUT2D eigenvalue weighted by Crippen LogP contribution is 2.25. The van der Waals surface area contributed by atoms with Crippen molar-refractivity contribution in [1.29, 1.82) is 5.26 Å². The molecule has 2 heteroatoms. The van der Waals surface area contributed by atoms with Crippen molar-refractivity contribution in [2.24, 2.45) is 7.05 Å². The van der Waals surface area contributed by atoms with Crippen LogP contribution in [0.25, 0.3) is 22.6 Å². The zero-order chi connectivity index (χ0) is 14.8. The van der Waals surface area contributed by atoms with E-state index < -0.39 is 0 Å². The normalized spacial score (nSPS) is 11.6. The van der Waals surface area contributed by atoms with Crippen LogP contribution < -0.4 is 0 Å². The fourth-order valence-corrected chi connectivity index (χ4v) is 2.64. The molecule has 0 unspecified atom stereocenters. The molecule has 0 saturated heterocycles. The van der Waals surface area contributed by atoms with Crippen LogP contribution in [0.1, 0.15) is 16.7 Å². The Morgan fingerprint density at radius 2 is 1.95 bits per heavy atom. The summed E-state index contributed by atoms with van der Waals surface area (Å²) in [5.41, 5.74) is 5.06. The summed E-state index contributed by atoms with van der Waals surface area (Å²) in [6.45, 7) is 2.04. The van der Waals surface area contributed by atoms with Gasteiger partial charge in [-0.2, -0.15) is 5.26 Å². The molecule has 2 nitrogen and oxygen atoms in total.